The molecule has 3 aromatic rings. The van der Waals surface area contributed by atoms with Gasteiger partial charge in [-0.2, -0.15) is 0 Å². The highest BCUT2D eigenvalue weighted by Gasteiger charge is 2.49. The highest BCUT2D eigenvalue weighted by molar-refractivity contribution is 5.89. The van der Waals surface area contributed by atoms with Crippen LogP contribution >= 0.6 is 0 Å². The first-order valence-electron chi connectivity index (χ1n) is 11.6. The number of benzene rings is 3. The first-order chi connectivity index (χ1) is 16.8. The van der Waals surface area contributed by atoms with Crippen LogP contribution in [0.15, 0.2) is 78.9 Å². The van der Waals surface area contributed by atoms with Gasteiger partial charge in [0, 0.05) is 12.3 Å². The van der Waals surface area contributed by atoms with Gasteiger partial charge in [0.25, 0.3) is 0 Å². The Kier molecular flexibility index (Phi) is 6.98. The molecule has 0 aliphatic carbocycles. The fraction of sp³-hybridized carbons (Fsp3) is 0.286. The Balaban J connectivity index is 1.54. The molecule has 0 spiro atoms. The van der Waals surface area contributed by atoms with Crippen molar-refractivity contribution in [2.45, 2.75) is 11.8 Å². The average Bonchev–Trinajstić information content (AvgIpc) is 3.24. The van der Waals surface area contributed by atoms with Gasteiger partial charge in [0.05, 0.1) is 31.1 Å². The van der Waals surface area contributed by atoms with Crippen LogP contribution in [0.2, 0.25) is 0 Å². The number of nitrogens with zero attached hydrogens (tertiary/aromatic N) is 1. The molecule has 5 nitrogen and oxygen atoms in total. The number of likely N-dealkylation sites (N-methyl/N-ethyl adjacent to an activating group) is 1. The fourth-order valence-corrected chi connectivity index (χ4v) is 5.32. The predicted molar refractivity (Wildman–Crippen MR) is 127 cm³/mol. The lowest BCUT2D eigenvalue weighted by Crippen LogP contribution is -2.52. The number of likely N-dealkylation sites (tertiary alicyclic amines) is 1. The molecule has 0 bridgehead atoms. The Bertz CT molecular complexity index is 1160. The van der Waals surface area contributed by atoms with Crippen molar-refractivity contribution in [1.82, 2.24) is 0 Å². The minimum absolute atomic E-state index is 0.0243. The third-order valence-electron chi connectivity index (χ3n) is 7.12. The summed E-state index contributed by atoms with van der Waals surface area (Å²) >= 11 is 0. The van der Waals surface area contributed by atoms with Crippen LogP contribution in [0.3, 0.4) is 0 Å². The summed E-state index contributed by atoms with van der Waals surface area (Å²) in [6, 6.07) is 21.6. The number of carbonyl (C=O) groups is 1. The summed E-state index contributed by atoms with van der Waals surface area (Å²) in [4.78, 5) is 12.3. The molecule has 1 N–H and O–H groups in total. The van der Waals surface area contributed by atoms with Crippen LogP contribution in [0.4, 0.5) is 8.78 Å². The second-order valence-corrected chi connectivity index (χ2v) is 9.36. The number of carbonyl (C=O) groups excluding carboxylic acids is 1. The summed E-state index contributed by atoms with van der Waals surface area (Å²) in [5.41, 5.74) is 0.0362. The third-order valence-corrected chi connectivity index (χ3v) is 7.12. The fourth-order valence-electron chi connectivity index (χ4n) is 5.32. The molecule has 182 valence electrons. The molecule has 2 atom stereocenters. The van der Waals surface area contributed by atoms with Gasteiger partial charge in [-0.3, -0.25) is 0 Å². The normalized spacial score (nSPS) is 19.9. The van der Waals surface area contributed by atoms with E-state index < -0.39 is 34.5 Å². The zero-order valence-corrected chi connectivity index (χ0v) is 19.5. The van der Waals surface area contributed by atoms with E-state index in [-0.39, 0.29) is 12.5 Å². The van der Waals surface area contributed by atoms with Crippen molar-refractivity contribution >= 4 is 11.9 Å². The van der Waals surface area contributed by atoms with Crippen molar-refractivity contribution in [3.8, 4) is 0 Å². The van der Waals surface area contributed by atoms with Crippen LogP contribution in [0.1, 0.15) is 27.9 Å². The molecule has 3 aromatic carbocycles. The van der Waals surface area contributed by atoms with Gasteiger partial charge in [0.1, 0.15) is 24.8 Å². The van der Waals surface area contributed by atoms with Crippen molar-refractivity contribution in [2.75, 3.05) is 33.3 Å². The zero-order chi connectivity index (χ0) is 25.1. The van der Waals surface area contributed by atoms with E-state index in [0.29, 0.717) is 24.0 Å². The molecule has 4 rings (SSSR count). The lowest BCUT2D eigenvalue weighted by Gasteiger charge is -2.43. The molecule has 1 fully saturated rings. The van der Waals surface area contributed by atoms with E-state index in [1.54, 1.807) is 0 Å². The molecule has 0 saturated carbocycles. The number of esters is 1. The molecule has 7 heteroatoms. The molecule has 2 unspecified atom stereocenters. The first-order valence-corrected chi connectivity index (χ1v) is 11.6. The quantitative estimate of drug-likeness (QED) is 0.231. The lowest BCUT2D eigenvalue weighted by molar-refractivity contribution is -0.899. The maximum absolute atomic E-state index is 13.9. The van der Waals surface area contributed by atoms with E-state index in [9.17, 15) is 18.7 Å². The number of hydrogen-bond donors (Lipinski definition) is 1. The van der Waals surface area contributed by atoms with Gasteiger partial charge in [-0.25, -0.2) is 13.6 Å². The van der Waals surface area contributed by atoms with E-state index in [2.05, 4.69) is 0 Å². The van der Waals surface area contributed by atoms with Crippen molar-refractivity contribution in [3.05, 3.63) is 107 Å². The third kappa shape index (κ3) is 4.82. The van der Waals surface area contributed by atoms with Gasteiger partial charge in [-0.05, 0) is 35.2 Å². The van der Waals surface area contributed by atoms with E-state index >= 15 is 0 Å². The zero-order valence-electron chi connectivity index (χ0n) is 19.5. The highest BCUT2D eigenvalue weighted by Crippen LogP contribution is 2.44. The molecule has 0 radical (unpaired) electrons. The largest absolute Gasteiger partial charge is 0.861 e. The van der Waals surface area contributed by atoms with Crippen LogP contribution in [0.25, 0.3) is 0 Å². The molecular weight excluding hydrogens is 450 g/mol. The molecule has 0 amide bonds. The molecule has 1 saturated heterocycles. The van der Waals surface area contributed by atoms with Crippen molar-refractivity contribution in [1.29, 1.82) is 5.41 Å². The second-order valence-electron chi connectivity index (χ2n) is 9.36. The Morgan fingerprint density at radius 1 is 1.06 bits per heavy atom. The minimum Gasteiger partial charge on any atom is -0.861 e. The summed E-state index contributed by atoms with van der Waals surface area (Å²) in [5, 5.41) is 21.5. The summed E-state index contributed by atoms with van der Waals surface area (Å²) < 4.78 is 33.1. The van der Waals surface area contributed by atoms with Gasteiger partial charge < -0.3 is 19.7 Å². The predicted octanol–water partition coefficient (Wildman–Crippen LogP) is 3.91. The van der Waals surface area contributed by atoms with E-state index in [4.69, 9.17) is 10.1 Å². The second kappa shape index (κ2) is 9.96. The molecule has 1 aliphatic heterocycles. The first kappa shape index (κ1) is 24.5. The Morgan fingerprint density at radius 2 is 1.66 bits per heavy atom. The van der Waals surface area contributed by atoms with E-state index in [0.717, 1.165) is 35.9 Å². The Morgan fingerprint density at radius 3 is 2.23 bits per heavy atom. The van der Waals surface area contributed by atoms with Gasteiger partial charge in [-0.15, -0.1) is 0 Å². The Labute approximate surface area is 203 Å². The monoisotopic (exact) mass is 478 g/mol. The van der Waals surface area contributed by atoms with Gasteiger partial charge in [0.2, 0.25) is 0 Å². The number of nitrogens with one attached hydrogen (secondary N) is 1. The molecule has 0 aromatic heterocycles. The molecule has 35 heavy (non-hydrogen) atoms. The van der Waals surface area contributed by atoms with Crippen LogP contribution in [0, 0.1) is 23.0 Å². The van der Waals surface area contributed by atoms with Crippen molar-refractivity contribution in [3.63, 3.8) is 0 Å². The summed E-state index contributed by atoms with van der Waals surface area (Å²) in [6.07, 6.45) is 0.706. The smallest absolute Gasteiger partial charge is 0.341 e. The van der Waals surface area contributed by atoms with Crippen molar-refractivity contribution < 1.29 is 27.9 Å². The maximum atomic E-state index is 13.9. The lowest BCUT2D eigenvalue weighted by atomic mass is 9.65. The molecule has 1 aliphatic rings. The van der Waals surface area contributed by atoms with Crippen LogP contribution in [-0.2, 0) is 10.2 Å². The van der Waals surface area contributed by atoms with Gasteiger partial charge in [0.15, 0.2) is 0 Å². The number of halogens is 2. The minimum atomic E-state index is -1.11. The van der Waals surface area contributed by atoms with Crippen LogP contribution in [-0.4, -0.2) is 49.6 Å². The van der Waals surface area contributed by atoms with Gasteiger partial charge in [-0.1, -0.05) is 60.7 Å². The van der Waals surface area contributed by atoms with Crippen LogP contribution in [0.5, 0.6) is 0 Å². The Hall–Kier alpha value is -3.58. The number of quaternary nitrogens is 1. The average molecular weight is 479 g/mol. The SMILES string of the molecule is C[N+]1(CCOC(=O)c2cc(F)ccc2F)CCC(C(C(=N)[O-])(c2ccccc2)c2ccccc2)C1. The topological polar surface area (TPSA) is 73.2 Å². The maximum Gasteiger partial charge on any atom is 0.341 e. The standard InChI is InChI=1S/C28H28F2N2O3/c1-32(16-17-35-26(33)24-18-23(29)12-13-25(24)30)15-14-22(19-32)28(27(31)34,20-8-4-2-5-9-20)21-10-6-3-7-11-21/h2-13,18,22H,14-17,19H2,1H3,(H-,31,34). The number of hydrogen-bond acceptors (Lipinski definition) is 4. The highest BCUT2D eigenvalue weighted by atomic mass is 19.1. The van der Waals surface area contributed by atoms with E-state index in [1.807, 2.05) is 67.7 Å². The summed E-state index contributed by atoms with van der Waals surface area (Å²) in [5.74, 6) is -3.24. The molecular formula is C28H28F2N2O3. The summed E-state index contributed by atoms with van der Waals surface area (Å²) in [6.45, 7) is 1.80. The molecule has 1 heterocycles. The summed E-state index contributed by atoms with van der Waals surface area (Å²) in [7, 11) is 2.02. The van der Waals surface area contributed by atoms with E-state index in [1.165, 1.54) is 0 Å². The van der Waals surface area contributed by atoms with Gasteiger partial charge >= 0.3 is 5.97 Å². The number of ether oxygens (including phenoxy) is 1. The van der Waals surface area contributed by atoms with Crippen LogP contribution < -0.4 is 5.11 Å². The van der Waals surface area contributed by atoms with Crippen molar-refractivity contribution in [2.24, 2.45) is 5.92 Å². The number of rotatable bonds is 8.